The van der Waals surface area contributed by atoms with E-state index in [0.717, 1.165) is 0 Å². The van der Waals surface area contributed by atoms with Gasteiger partial charge in [0.05, 0.1) is 6.54 Å². The van der Waals surface area contributed by atoms with Gasteiger partial charge in [-0.1, -0.05) is 29.3 Å². The molecule has 0 unspecified atom stereocenters. The van der Waals surface area contributed by atoms with E-state index < -0.39 is 0 Å². The van der Waals surface area contributed by atoms with E-state index in [-0.39, 0.29) is 5.91 Å². The summed E-state index contributed by atoms with van der Waals surface area (Å²) < 4.78 is 5.47. The number of nitrogens with one attached hydrogen (secondary N) is 1. The molecule has 2 rings (SSSR count). The molecule has 0 radical (unpaired) electrons. The highest BCUT2D eigenvalue weighted by Crippen LogP contribution is 2.15. The standard InChI is InChI=1S/C15H13Cl2NO2/c16-12-4-6-14(7-5-12)20-9-8-18-15(19)11-2-1-3-13(17)10-11/h1-7,10H,8-9H2,(H,18,19). The first kappa shape index (κ1) is 14.7. The lowest BCUT2D eigenvalue weighted by atomic mass is 10.2. The number of rotatable bonds is 5. The van der Waals surface area contributed by atoms with Crippen molar-refractivity contribution in [2.24, 2.45) is 0 Å². The summed E-state index contributed by atoms with van der Waals surface area (Å²) in [5.74, 6) is 0.540. The van der Waals surface area contributed by atoms with E-state index in [2.05, 4.69) is 5.32 Å². The lowest BCUT2D eigenvalue weighted by molar-refractivity contribution is 0.0947. The summed E-state index contributed by atoms with van der Waals surface area (Å²) in [4.78, 5) is 11.8. The third-order valence-corrected chi connectivity index (χ3v) is 3.04. The number of benzene rings is 2. The van der Waals surface area contributed by atoms with Crippen molar-refractivity contribution in [3.05, 3.63) is 64.1 Å². The zero-order valence-corrected chi connectivity index (χ0v) is 12.1. The van der Waals surface area contributed by atoms with E-state index in [1.807, 2.05) is 0 Å². The van der Waals surface area contributed by atoms with E-state index in [1.54, 1.807) is 48.5 Å². The van der Waals surface area contributed by atoms with Gasteiger partial charge in [-0.3, -0.25) is 4.79 Å². The van der Waals surface area contributed by atoms with Gasteiger partial charge in [0.2, 0.25) is 0 Å². The lowest BCUT2D eigenvalue weighted by Crippen LogP contribution is -2.28. The molecule has 2 aromatic rings. The summed E-state index contributed by atoms with van der Waals surface area (Å²) in [5.41, 5.74) is 0.531. The van der Waals surface area contributed by atoms with Crippen molar-refractivity contribution in [1.82, 2.24) is 5.32 Å². The van der Waals surface area contributed by atoms with Crippen molar-refractivity contribution in [2.75, 3.05) is 13.2 Å². The molecular formula is C15H13Cl2NO2. The van der Waals surface area contributed by atoms with Crippen molar-refractivity contribution in [2.45, 2.75) is 0 Å². The number of amides is 1. The maximum atomic E-state index is 11.8. The molecule has 1 N–H and O–H groups in total. The van der Waals surface area contributed by atoms with Crippen LogP contribution in [0.5, 0.6) is 5.75 Å². The third kappa shape index (κ3) is 4.44. The number of hydrogen-bond acceptors (Lipinski definition) is 2. The van der Waals surface area contributed by atoms with Crippen LogP contribution in [0, 0.1) is 0 Å². The first-order valence-electron chi connectivity index (χ1n) is 6.07. The average molecular weight is 310 g/mol. The van der Waals surface area contributed by atoms with E-state index in [0.29, 0.717) is 34.5 Å². The van der Waals surface area contributed by atoms with Gasteiger partial charge in [0.1, 0.15) is 12.4 Å². The van der Waals surface area contributed by atoms with Gasteiger partial charge in [-0.15, -0.1) is 0 Å². The van der Waals surface area contributed by atoms with Crippen LogP contribution in [0.1, 0.15) is 10.4 Å². The van der Waals surface area contributed by atoms with Gasteiger partial charge in [-0.25, -0.2) is 0 Å². The molecule has 0 fully saturated rings. The molecule has 0 aliphatic rings. The summed E-state index contributed by atoms with van der Waals surface area (Å²) in [5, 5.41) is 3.96. The van der Waals surface area contributed by atoms with Gasteiger partial charge < -0.3 is 10.1 Å². The summed E-state index contributed by atoms with van der Waals surface area (Å²) in [6.45, 7) is 0.794. The summed E-state index contributed by atoms with van der Waals surface area (Å²) in [6, 6.07) is 13.9. The van der Waals surface area contributed by atoms with Gasteiger partial charge in [0.25, 0.3) is 5.91 Å². The molecule has 104 valence electrons. The van der Waals surface area contributed by atoms with Crippen molar-refractivity contribution >= 4 is 29.1 Å². The molecule has 0 heterocycles. The number of halogens is 2. The van der Waals surface area contributed by atoms with Gasteiger partial charge in [-0.2, -0.15) is 0 Å². The second-order valence-corrected chi connectivity index (χ2v) is 4.94. The Labute approximate surface area is 127 Å². The van der Waals surface area contributed by atoms with Gasteiger partial charge in [0.15, 0.2) is 0 Å². The van der Waals surface area contributed by atoms with Crippen molar-refractivity contribution in [3.63, 3.8) is 0 Å². The van der Waals surface area contributed by atoms with Crippen LogP contribution in [0.3, 0.4) is 0 Å². The van der Waals surface area contributed by atoms with Gasteiger partial charge in [-0.05, 0) is 42.5 Å². The fourth-order valence-electron chi connectivity index (χ4n) is 1.60. The van der Waals surface area contributed by atoms with Crippen molar-refractivity contribution < 1.29 is 9.53 Å². The Balaban J connectivity index is 1.76. The normalized spacial score (nSPS) is 10.1. The summed E-state index contributed by atoms with van der Waals surface area (Å²) in [6.07, 6.45) is 0. The van der Waals surface area contributed by atoms with Crippen molar-refractivity contribution in [1.29, 1.82) is 0 Å². The van der Waals surface area contributed by atoms with Crippen LogP contribution in [-0.2, 0) is 0 Å². The molecule has 0 bridgehead atoms. The first-order chi connectivity index (χ1) is 9.65. The van der Waals surface area contributed by atoms with Crippen LogP contribution in [0.15, 0.2) is 48.5 Å². The highest BCUT2D eigenvalue weighted by molar-refractivity contribution is 6.31. The molecule has 0 atom stereocenters. The van der Waals surface area contributed by atoms with Crippen molar-refractivity contribution in [3.8, 4) is 5.75 Å². The molecule has 5 heteroatoms. The molecule has 2 aromatic carbocycles. The maximum absolute atomic E-state index is 11.8. The van der Waals surface area contributed by atoms with Gasteiger partial charge >= 0.3 is 0 Å². The molecule has 0 spiro atoms. The monoisotopic (exact) mass is 309 g/mol. The highest BCUT2D eigenvalue weighted by atomic mass is 35.5. The Bertz CT molecular complexity index is 585. The fourth-order valence-corrected chi connectivity index (χ4v) is 1.91. The Kier molecular flexibility index (Phi) is 5.27. The molecule has 0 saturated heterocycles. The SMILES string of the molecule is O=C(NCCOc1ccc(Cl)cc1)c1cccc(Cl)c1. The lowest BCUT2D eigenvalue weighted by Gasteiger charge is -2.08. The van der Waals surface area contributed by atoms with E-state index in [4.69, 9.17) is 27.9 Å². The Morgan fingerprint density at radius 2 is 1.80 bits per heavy atom. The topological polar surface area (TPSA) is 38.3 Å². The number of hydrogen-bond donors (Lipinski definition) is 1. The Morgan fingerprint density at radius 1 is 1.05 bits per heavy atom. The van der Waals surface area contributed by atoms with Crippen LogP contribution < -0.4 is 10.1 Å². The maximum Gasteiger partial charge on any atom is 0.251 e. The van der Waals surface area contributed by atoms with E-state index >= 15 is 0 Å². The summed E-state index contributed by atoms with van der Waals surface area (Å²) >= 11 is 11.6. The zero-order chi connectivity index (χ0) is 14.4. The molecule has 0 saturated carbocycles. The summed E-state index contributed by atoms with van der Waals surface area (Å²) in [7, 11) is 0. The molecule has 0 aromatic heterocycles. The first-order valence-corrected chi connectivity index (χ1v) is 6.83. The highest BCUT2D eigenvalue weighted by Gasteiger charge is 2.04. The second kappa shape index (κ2) is 7.17. The van der Waals surface area contributed by atoms with Crippen LogP contribution in [0.25, 0.3) is 0 Å². The van der Waals surface area contributed by atoms with Crippen LogP contribution in [-0.4, -0.2) is 19.1 Å². The molecule has 20 heavy (non-hydrogen) atoms. The number of ether oxygens (including phenoxy) is 1. The molecule has 0 aliphatic carbocycles. The van der Waals surface area contributed by atoms with Crippen LogP contribution in [0.4, 0.5) is 0 Å². The zero-order valence-electron chi connectivity index (χ0n) is 10.6. The van der Waals surface area contributed by atoms with E-state index in [1.165, 1.54) is 0 Å². The number of carbonyl (C=O) groups is 1. The molecular weight excluding hydrogens is 297 g/mol. The molecule has 0 aliphatic heterocycles. The predicted octanol–water partition coefficient (Wildman–Crippen LogP) is 3.80. The predicted molar refractivity (Wildman–Crippen MR) is 80.7 cm³/mol. The fraction of sp³-hybridized carbons (Fsp3) is 0.133. The minimum atomic E-state index is -0.174. The van der Waals surface area contributed by atoms with E-state index in [9.17, 15) is 4.79 Å². The molecule has 3 nitrogen and oxygen atoms in total. The Hall–Kier alpha value is -1.71. The molecule has 1 amide bonds. The number of carbonyl (C=O) groups excluding carboxylic acids is 1. The van der Waals surface area contributed by atoms with Crippen LogP contribution in [0.2, 0.25) is 10.0 Å². The average Bonchev–Trinajstić information content (AvgIpc) is 2.45. The second-order valence-electron chi connectivity index (χ2n) is 4.07. The largest absolute Gasteiger partial charge is 0.492 e. The Morgan fingerprint density at radius 3 is 2.50 bits per heavy atom. The van der Waals surface area contributed by atoms with Gasteiger partial charge in [0, 0.05) is 15.6 Å². The third-order valence-electron chi connectivity index (χ3n) is 2.56. The smallest absolute Gasteiger partial charge is 0.251 e. The van der Waals surface area contributed by atoms with Crippen LogP contribution >= 0.6 is 23.2 Å². The minimum absolute atomic E-state index is 0.174. The minimum Gasteiger partial charge on any atom is -0.492 e. The quantitative estimate of drug-likeness (QED) is 0.853.